The maximum Gasteiger partial charge on any atom is 0.234 e. The van der Waals surface area contributed by atoms with E-state index in [4.69, 9.17) is 0 Å². The van der Waals surface area contributed by atoms with E-state index in [1.807, 2.05) is 60.8 Å². The molecular formula is C20H28N4O3S. The minimum absolute atomic E-state index is 0.0315. The third kappa shape index (κ3) is 4.99. The molecule has 28 heavy (non-hydrogen) atoms. The van der Waals surface area contributed by atoms with Crippen LogP contribution in [0.25, 0.3) is 0 Å². The minimum atomic E-state index is -2.96. The molecule has 1 N–H and O–H groups in total. The van der Waals surface area contributed by atoms with Crippen molar-refractivity contribution in [2.24, 2.45) is 0 Å². The van der Waals surface area contributed by atoms with Crippen LogP contribution in [-0.2, 0) is 27.7 Å². The van der Waals surface area contributed by atoms with Crippen molar-refractivity contribution in [3.05, 3.63) is 52.8 Å². The Hall–Kier alpha value is -2.19. The Morgan fingerprint density at radius 2 is 2.00 bits per heavy atom. The number of rotatable bonds is 7. The number of aryl methyl sites for hydroxylation is 1. The van der Waals surface area contributed by atoms with E-state index >= 15 is 0 Å². The van der Waals surface area contributed by atoms with Crippen LogP contribution >= 0.6 is 0 Å². The van der Waals surface area contributed by atoms with E-state index in [1.165, 1.54) is 0 Å². The summed E-state index contributed by atoms with van der Waals surface area (Å²) in [6, 6.07) is 9.73. The van der Waals surface area contributed by atoms with Crippen molar-refractivity contribution in [2.45, 2.75) is 39.4 Å². The van der Waals surface area contributed by atoms with E-state index in [-0.39, 0.29) is 30.0 Å². The number of aromatic nitrogens is 2. The lowest BCUT2D eigenvalue weighted by Crippen LogP contribution is -2.34. The van der Waals surface area contributed by atoms with Gasteiger partial charge in [-0.2, -0.15) is 5.10 Å². The van der Waals surface area contributed by atoms with Crippen molar-refractivity contribution in [3.63, 3.8) is 0 Å². The molecule has 0 spiro atoms. The molecule has 1 aliphatic heterocycles. The predicted octanol–water partition coefficient (Wildman–Crippen LogP) is 1.61. The van der Waals surface area contributed by atoms with Crippen molar-refractivity contribution >= 4 is 15.7 Å². The number of carbonyl (C=O) groups is 1. The Morgan fingerprint density at radius 3 is 2.64 bits per heavy atom. The van der Waals surface area contributed by atoms with Gasteiger partial charge in [0.25, 0.3) is 0 Å². The van der Waals surface area contributed by atoms with Crippen LogP contribution in [0.2, 0.25) is 0 Å². The summed E-state index contributed by atoms with van der Waals surface area (Å²) >= 11 is 0. The number of hydrogen-bond donors (Lipinski definition) is 1. The molecule has 8 heteroatoms. The van der Waals surface area contributed by atoms with Gasteiger partial charge in [-0.05, 0) is 32.9 Å². The van der Waals surface area contributed by atoms with Gasteiger partial charge in [-0.1, -0.05) is 30.3 Å². The van der Waals surface area contributed by atoms with Crippen LogP contribution in [0.3, 0.4) is 0 Å². The molecule has 0 saturated carbocycles. The number of carbonyl (C=O) groups excluding carboxylic acids is 1. The topological polar surface area (TPSA) is 84.3 Å². The first-order valence-electron chi connectivity index (χ1n) is 9.49. The standard InChI is InChI=1S/C20H28N4O3S/c1-15-19(16(2)24(22-15)18-9-10-28(26,27)14-18)12-23(3)13-20(25)21-11-17-7-5-4-6-8-17/h4-8,18H,9-14H2,1-3H3,(H,21,25)/t18-/m0/s1. The number of likely N-dealkylation sites (N-methyl/N-ethyl adjacent to an activating group) is 1. The molecule has 0 aliphatic carbocycles. The summed E-state index contributed by atoms with van der Waals surface area (Å²) < 4.78 is 25.4. The first kappa shape index (κ1) is 20.5. The maximum absolute atomic E-state index is 12.2. The van der Waals surface area contributed by atoms with Crippen LogP contribution in [0, 0.1) is 13.8 Å². The Kier molecular flexibility index (Phi) is 6.20. The maximum atomic E-state index is 12.2. The molecule has 1 aromatic heterocycles. The van der Waals surface area contributed by atoms with Crippen LogP contribution in [0.15, 0.2) is 30.3 Å². The summed E-state index contributed by atoms with van der Waals surface area (Å²) in [5, 5.41) is 7.53. The smallest absolute Gasteiger partial charge is 0.234 e. The first-order valence-corrected chi connectivity index (χ1v) is 11.3. The lowest BCUT2D eigenvalue weighted by Gasteiger charge is -2.17. The fourth-order valence-corrected chi connectivity index (χ4v) is 5.36. The van der Waals surface area contributed by atoms with Gasteiger partial charge in [0.15, 0.2) is 9.84 Å². The molecule has 2 aromatic rings. The van der Waals surface area contributed by atoms with E-state index in [0.29, 0.717) is 19.5 Å². The molecule has 1 aromatic carbocycles. The molecule has 1 amide bonds. The lowest BCUT2D eigenvalue weighted by molar-refractivity contribution is -0.122. The van der Waals surface area contributed by atoms with Crippen molar-refractivity contribution in [1.29, 1.82) is 0 Å². The number of nitrogens with zero attached hydrogens (tertiary/aromatic N) is 3. The average Bonchev–Trinajstić information content (AvgIpc) is 3.14. The zero-order valence-corrected chi connectivity index (χ0v) is 17.5. The van der Waals surface area contributed by atoms with Gasteiger partial charge in [0.2, 0.25) is 5.91 Å². The molecular weight excluding hydrogens is 376 g/mol. The van der Waals surface area contributed by atoms with Gasteiger partial charge in [0, 0.05) is 24.3 Å². The number of amides is 1. The third-order valence-electron chi connectivity index (χ3n) is 5.20. The molecule has 1 fully saturated rings. The number of benzene rings is 1. The Bertz CT molecular complexity index is 938. The highest BCUT2D eigenvalue weighted by atomic mass is 32.2. The van der Waals surface area contributed by atoms with Gasteiger partial charge < -0.3 is 5.32 Å². The quantitative estimate of drug-likeness (QED) is 0.758. The van der Waals surface area contributed by atoms with Crippen LogP contribution < -0.4 is 5.32 Å². The Balaban J connectivity index is 1.58. The van der Waals surface area contributed by atoms with Gasteiger partial charge in [0.1, 0.15) is 0 Å². The predicted molar refractivity (Wildman–Crippen MR) is 109 cm³/mol. The van der Waals surface area contributed by atoms with E-state index in [0.717, 1.165) is 22.5 Å². The second-order valence-electron chi connectivity index (χ2n) is 7.59. The van der Waals surface area contributed by atoms with Crippen LogP contribution in [0.4, 0.5) is 0 Å². The highest BCUT2D eigenvalue weighted by molar-refractivity contribution is 7.91. The summed E-state index contributed by atoms with van der Waals surface area (Å²) in [7, 11) is -1.06. The van der Waals surface area contributed by atoms with Crippen LogP contribution in [0.1, 0.15) is 35.0 Å². The number of sulfone groups is 1. The molecule has 1 atom stereocenters. The molecule has 152 valence electrons. The van der Waals surface area contributed by atoms with Crippen molar-refractivity contribution in [3.8, 4) is 0 Å². The highest BCUT2D eigenvalue weighted by Crippen LogP contribution is 2.27. The summed E-state index contributed by atoms with van der Waals surface area (Å²) in [5.74, 6) is 0.356. The van der Waals surface area contributed by atoms with Crippen molar-refractivity contribution in [2.75, 3.05) is 25.1 Å². The molecule has 3 rings (SSSR count). The van der Waals surface area contributed by atoms with Crippen molar-refractivity contribution < 1.29 is 13.2 Å². The van der Waals surface area contributed by atoms with E-state index in [2.05, 4.69) is 10.4 Å². The van der Waals surface area contributed by atoms with Crippen LogP contribution in [0.5, 0.6) is 0 Å². The van der Waals surface area contributed by atoms with E-state index < -0.39 is 9.84 Å². The second kappa shape index (κ2) is 8.45. The summed E-state index contributed by atoms with van der Waals surface area (Å²) in [5.41, 5.74) is 4.00. The second-order valence-corrected chi connectivity index (χ2v) is 9.81. The van der Waals surface area contributed by atoms with E-state index in [9.17, 15) is 13.2 Å². The number of nitrogens with one attached hydrogen (secondary N) is 1. The van der Waals surface area contributed by atoms with Gasteiger partial charge >= 0.3 is 0 Å². The fraction of sp³-hybridized carbons (Fsp3) is 0.500. The third-order valence-corrected chi connectivity index (χ3v) is 6.95. The Labute approximate surface area is 166 Å². The van der Waals surface area contributed by atoms with Gasteiger partial charge in [-0.25, -0.2) is 8.42 Å². The highest BCUT2D eigenvalue weighted by Gasteiger charge is 2.31. The normalized spacial score (nSPS) is 18.5. The zero-order chi connectivity index (χ0) is 20.3. The summed E-state index contributed by atoms with van der Waals surface area (Å²) in [4.78, 5) is 14.2. The van der Waals surface area contributed by atoms with Crippen molar-refractivity contribution in [1.82, 2.24) is 20.0 Å². The SMILES string of the molecule is Cc1nn([C@H]2CCS(=O)(=O)C2)c(C)c1CN(C)CC(=O)NCc1ccccc1. The lowest BCUT2D eigenvalue weighted by atomic mass is 10.1. The molecule has 0 radical (unpaired) electrons. The van der Waals surface area contributed by atoms with Gasteiger partial charge in [-0.15, -0.1) is 0 Å². The van der Waals surface area contributed by atoms with Gasteiger partial charge in [0.05, 0.1) is 29.8 Å². The Morgan fingerprint density at radius 1 is 1.29 bits per heavy atom. The molecule has 2 heterocycles. The summed E-state index contributed by atoms with van der Waals surface area (Å²) in [6.07, 6.45) is 0.613. The molecule has 1 saturated heterocycles. The molecule has 7 nitrogen and oxygen atoms in total. The fourth-order valence-electron chi connectivity index (χ4n) is 3.67. The van der Waals surface area contributed by atoms with Crippen LogP contribution in [-0.4, -0.2) is 54.1 Å². The minimum Gasteiger partial charge on any atom is -0.351 e. The monoisotopic (exact) mass is 404 g/mol. The zero-order valence-electron chi connectivity index (χ0n) is 16.7. The molecule has 0 bridgehead atoms. The number of hydrogen-bond acceptors (Lipinski definition) is 5. The molecule has 0 unspecified atom stereocenters. The summed E-state index contributed by atoms with van der Waals surface area (Å²) in [6.45, 7) is 5.30. The molecule has 1 aliphatic rings. The average molecular weight is 405 g/mol. The van der Waals surface area contributed by atoms with E-state index in [1.54, 1.807) is 0 Å². The first-order chi connectivity index (χ1) is 13.2. The largest absolute Gasteiger partial charge is 0.351 e. The van der Waals surface area contributed by atoms with Gasteiger partial charge in [-0.3, -0.25) is 14.4 Å².